The SMILES string of the molecule is Cc1nc2nc(Oc3cccc(NC(=N)N)c3)nc(Oc3cc(C(=N)N)ccc3N(C)C)c2[nH]1. The van der Waals surface area contributed by atoms with Crippen molar-refractivity contribution in [2.75, 3.05) is 24.3 Å². The second-order valence-corrected chi connectivity index (χ2v) is 7.59. The molecular weight excluding hydrogens is 436 g/mol. The van der Waals surface area contributed by atoms with Crippen LogP contribution in [0, 0.1) is 17.7 Å². The first-order valence-corrected chi connectivity index (χ1v) is 10.2. The lowest BCUT2D eigenvalue weighted by atomic mass is 10.1. The van der Waals surface area contributed by atoms with Gasteiger partial charge in [0.15, 0.2) is 17.4 Å². The highest BCUT2D eigenvalue weighted by Gasteiger charge is 2.18. The zero-order chi connectivity index (χ0) is 24.4. The molecule has 0 spiro atoms. The predicted octanol–water partition coefficient (Wildman–Crippen LogP) is 2.90. The molecule has 4 aromatic rings. The second kappa shape index (κ2) is 8.94. The molecule has 8 N–H and O–H groups in total. The number of hydrogen-bond acceptors (Lipinski definition) is 8. The topological polar surface area (TPSA) is 188 Å². The van der Waals surface area contributed by atoms with Crippen molar-refractivity contribution in [1.29, 1.82) is 10.8 Å². The fourth-order valence-corrected chi connectivity index (χ4v) is 3.22. The van der Waals surface area contributed by atoms with Crippen LogP contribution in [0.2, 0.25) is 0 Å². The molecule has 0 amide bonds. The molecule has 0 radical (unpaired) electrons. The summed E-state index contributed by atoms with van der Waals surface area (Å²) in [7, 11) is 3.75. The van der Waals surface area contributed by atoms with E-state index in [4.69, 9.17) is 31.8 Å². The first-order valence-electron chi connectivity index (χ1n) is 10.2. The Kier molecular flexibility index (Phi) is 5.87. The maximum absolute atomic E-state index is 7.76. The van der Waals surface area contributed by atoms with Crippen LogP contribution in [0.25, 0.3) is 11.2 Å². The Hall–Kier alpha value is -4.87. The number of nitrogens with one attached hydrogen (secondary N) is 4. The predicted molar refractivity (Wildman–Crippen MR) is 130 cm³/mol. The normalized spacial score (nSPS) is 10.7. The fourth-order valence-electron chi connectivity index (χ4n) is 3.22. The minimum Gasteiger partial charge on any atom is -0.435 e. The van der Waals surface area contributed by atoms with Gasteiger partial charge in [-0.2, -0.15) is 9.97 Å². The van der Waals surface area contributed by atoms with E-state index in [-0.39, 0.29) is 23.7 Å². The summed E-state index contributed by atoms with van der Waals surface area (Å²) < 4.78 is 12.1. The van der Waals surface area contributed by atoms with Crippen molar-refractivity contribution in [3.05, 3.63) is 53.9 Å². The zero-order valence-electron chi connectivity index (χ0n) is 18.8. The number of nitrogens with zero attached hydrogens (tertiary/aromatic N) is 4. The lowest BCUT2D eigenvalue weighted by Gasteiger charge is -2.18. The van der Waals surface area contributed by atoms with E-state index in [1.165, 1.54) is 0 Å². The molecule has 0 aliphatic carbocycles. The number of amidine groups is 1. The number of anilines is 2. The summed E-state index contributed by atoms with van der Waals surface area (Å²) in [5.74, 6) is 1.43. The lowest BCUT2D eigenvalue weighted by molar-refractivity contribution is 0.417. The van der Waals surface area contributed by atoms with Crippen LogP contribution in [0.4, 0.5) is 11.4 Å². The van der Waals surface area contributed by atoms with Crippen molar-refractivity contribution >= 4 is 34.3 Å². The second-order valence-electron chi connectivity index (χ2n) is 7.59. The van der Waals surface area contributed by atoms with E-state index >= 15 is 0 Å². The van der Waals surface area contributed by atoms with Crippen LogP contribution in [-0.2, 0) is 0 Å². The number of guanidine groups is 1. The van der Waals surface area contributed by atoms with Gasteiger partial charge in [0.1, 0.15) is 22.9 Å². The Labute approximate surface area is 195 Å². The molecular formula is C22H24N10O2. The first-order chi connectivity index (χ1) is 16.2. The summed E-state index contributed by atoms with van der Waals surface area (Å²) in [4.78, 5) is 18.2. The third kappa shape index (κ3) is 4.80. The van der Waals surface area contributed by atoms with E-state index in [1.54, 1.807) is 43.3 Å². The average molecular weight is 461 g/mol. The highest BCUT2D eigenvalue weighted by atomic mass is 16.5. The summed E-state index contributed by atoms with van der Waals surface area (Å²) in [5, 5.41) is 17.9. The maximum atomic E-state index is 7.76. The van der Waals surface area contributed by atoms with Gasteiger partial charge in [0, 0.05) is 31.4 Å². The third-order valence-electron chi connectivity index (χ3n) is 4.70. The number of hydrogen-bond donors (Lipinski definition) is 6. The van der Waals surface area contributed by atoms with Crippen LogP contribution >= 0.6 is 0 Å². The molecule has 34 heavy (non-hydrogen) atoms. The highest BCUT2D eigenvalue weighted by Crippen LogP contribution is 2.35. The minimum absolute atomic E-state index is 0.0168. The Morgan fingerprint density at radius 1 is 1.03 bits per heavy atom. The standard InChI is InChI=1S/C22H24N10O2/c1-11-27-17-19(28-11)30-22(33-14-6-4-5-13(10-14)29-21(25)26)31-20(17)34-16-9-12(18(23)24)7-8-15(16)32(2)3/h4-10H,1-3H3,(H3,23,24)(H4,25,26,29)(H,27,28,30,31). The Balaban J connectivity index is 1.75. The number of H-pyrrole nitrogens is 1. The van der Waals surface area contributed by atoms with Crippen LogP contribution in [0.15, 0.2) is 42.5 Å². The van der Waals surface area contributed by atoms with E-state index in [9.17, 15) is 0 Å². The van der Waals surface area contributed by atoms with Gasteiger partial charge in [-0.3, -0.25) is 10.8 Å². The molecule has 0 saturated heterocycles. The molecule has 0 aliphatic rings. The van der Waals surface area contributed by atoms with Gasteiger partial charge < -0.3 is 36.1 Å². The van der Waals surface area contributed by atoms with Crippen molar-refractivity contribution in [2.24, 2.45) is 11.5 Å². The quantitative estimate of drug-likeness (QED) is 0.178. The van der Waals surface area contributed by atoms with Gasteiger partial charge in [-0.25, -0.2) is 4.98 Å². The van der Waals surface area contributed by atoms with Gasteiger partial charge >= 0.3 is 6.01 Å². The molecule has 0 atom stereocenters. The molecule has 2 aromatic carbocycles. The van der Waals surface area contributed by atoms with Gasteiger partial charge in [0.25, 0.3) is 5.88 Å². The van der Waals surface area contributed by atoms with Crippen LogP contribution < -0.4 is 31.2 Å². The highest BCUT2D eigenvalue weighted by molar-refractivity contribution is 5.96. The molecule has 12 heteroatoms. The maximum Gasteiger partial charge on any atom is 0.327 e. The Morgan fingerprint density at radius 3 is 2.53 bits per heavy atom. The number of benzene rings is 2. The summed E-state index contributed by atoms with van der Waals surface area (Å²) in [6.07, 6.45) is 0. The van der Waals surface area contributed by atoms with E-state index < -0.39 is 0 Å². The lowest BCUT2D eigenvalue weighted by Crippen LogP contribution is -2.20. The number of nitrogens with two attached hydrogens (primary N) is 2. The van der Waals surface area contributed by atoms with Crippen molar-refractivity contribution in [2.45, 2.75) is 6.92 Å². The van der Waals surface area contributed by atoms with Crippen molar-refractivity contribution in [1.82, 2.24) is 19.9 Å². The molecule has 4 rings (SSSR count). The van der Waals surface area contributed by atoms with Crippen molar-refractivity contribution < 1.29 is 9.47 Å². The molecule has 0 fully saturated rings. The molecule has 0 aliphatic heterocycles. The minimum atomic E-state index is -0.193. The Morgan fingerprint density at radius 2 is 1.82 bits per heavy atom. The monoisotopic (exact) mass is 460 g/mol. The molecule has 174 valence electrons. The molecule has 0 bridgehead atoms. The van der Waals surface area contributed by atoms with Gasteiger partial charge in [0.2, 0.25) is 0 Å². The van der Waals surface area contributed by atoms with E-state index in [2.05, 4.69) is 25.3 Å². The van der Waals surface area contributed by atoms with Gasteiger partial charge in [-0.15, -0.1) is 0 Å². The van der Waals surface area contributed by atoms with E-state index in [1.807, 2.05) is 25.1 Å². The van der Waals surface area contributed by atoms with Crippen LogP contribution in [0.1, 0.15) is 11.4 Å². The van der Waals surface area contributed by atoms with E-state index in [0.717, 1.165) is 5.69 Å². The number of rotatable bonds is 7. The number of imidazole rings is 1. The summed E-state index contributed by atoms with van der Waals surface area (Å²) in [6.45, 7) is 1.80. The Bertz CT molecular complexity index is 1400. The smallest absolute Gasteiger partial charge is 0.327 e. The number of fused-ring (bicyclic) bond motifs is 1. The zero-order valence-corrected chi connectivity index (χ0v) is 18.8. The summed E-state index contributed by atoms with van der Waals surface area (Å²) in [6, 6.07) is 12.1. The number of aryl methyl sites for hydroxylation is 1. The molecule has 2 aromatic heterocycles. The molecule has 2 heterocycles. The fraction of sp³-hybridized carbons (Fsp3) is 0.136. The molecule has 0 unspecified atom stereocenters. The average Bonchev–Trinajstić information content (AvgIpc) is 3.13. The number of aromatic amines is 1. The summed E-state index contributed by atoms with van der Waals surface area (Å²) in [5.41, 5.74) is 13.8. The van der Waals surface area contributed by atoms with Crippen molar-refractivity contribution in [3.63, 3.8) is 0 Å². The number of aromatic nitrogens is 4. The van der Waals surface area contributed by atoms with Crippen LogP contribution in [-0.4, -0.2) is 45.8 Å². The van der Waals surface area contributed by atoms with E-state index in [0.29, 0.717) is 39.7 Å². The molecule has 12 nitrogen and oxygen atoms in total. The summed E-state index contributed by atoms with van der Waals surface area (Å²) >= 11 is 0. The van der Waals surface area contributed by atoms with Gasteiger partial charge in [0.05, 0.1) is 5.69 Å². The van der Waals surface area contributed by atoms with Crippen LogP contribution in [0.3, 0.4) is 0 Å². The largest absolute Gasteiger partial charge is 0.435 e. The first kappa shape index (κ1) is 22.3. The third-order valence-corrected chi connectivity index (χ3v) is 4.70. The van der Waals surface area contributed by atoms with Gasteiger partial charge in [-0.05, 0) is 37.3 Å². The van der Waals surface area contributed by atoms with Crippen molar-refractivity contribution in [3.8, 4) is 23.4 Å². The number of ether oxygens (including phenoxy) is 2. The van der Waals surface area contributed by atoms with Crippen LogP contribution in [0.5, 0.6) is 23.4 Å². The molecule has 0 saturated carbocycles. The number of nitrogen functional groups attached to an aromatic ring is 1. The van der Waals surface area contributed by atoms with Gasteiger partial charge in [-0.1, -0.05) is 6.07 Å².